The van der Waals surface area contributed by atoms with Crippen molar-refractivity contribution in [3.63, 3.8) is 0 Å². The fraction of sp³-hybridized carbons (Fsp3) is 0.368. The molecule has 0 aliphatic heterocycles. The highest BCUT2D eigenvalue weighted by Crippen LogP contribution is 2.39. The van der Waals surface area contributed by atoms with E-state index in [4.69, 9.17) is 9.72 Å². The van der Waals surface area contributed by atoms with E-state index in [9.17, 15) is 0 Å². The van der Waals surface area contributed by atoms with E-state index in [2.05, 4.69) is 20.9 Å². The molecule has 0 atom stereocenters. The predicted octanol–water partition coefficient (Wildman–Crippen LogP) is 5.81. The number of rotatable bonds is 5. The van der Waals surface area contributed by atoms with Crippen LogP contribution in [0.15, 0.2) is 33.8 Å². The van der Waals surface area contributed by atoms with E-state index >= 15 is 0 Å². The van der Waals surface area contributed by atoms with Crippen LogP contribution in [0.1, 0.15) is 29.1 Å². The van der Waals surface area contributed by atoms with Crippen molar-refractivity contribution in [3.8, 4) is 5.75 Å². The molecule has 0 fully saturated rings. The van der Waals surface area contributed by atoms with Crippen LogP contribution in [-0.2, 0) is 12.8 Å². The minimum atomic E-state index is 0.665. The van der Waals surface area contributed by atoms with Gasteiger partial charge in [0.15, 0.2) is 0 Å². The number of thioether (sulfide) groups is 1. The molecule has 130 valence electrons. The third-order valence-electron chi connectivity index (χ3n) is 4.28. The summed E-state index contributed by atoms with van der Waals surface area (Å²) >= 11 is 7.12. The van der Waals surface area contributed by atoms with Gasteiger partial charge in [0.1, 0.15) is 21.4 Å². The molecule has 0 radical (unpaired) electrons. The maximum Gasteiger partial charge on any atom is 0.128 e. The van der Waals surface area contributed by atoms with Crippen molar-refractivity contribution in [2.24, 2.45) is 0 Å². The van der Waals surface area contributed by atoms with Crippen molar-refractivity contribution in [1.82, 2.24) is 9.97 Å². The van der Waals surface area contributed by atoms with Gasteiger partial charge >= 0.3 is 0 Å². The number of aryl methyl sites for hydroxylation is 3. The molecule has 25 heavy (non-hydrogen) atoms. The van der Waals surface area contributed by atoms with Gasteiger partial charge in [-0.15, -0.1) is 23.1 Å². The Labute approximate surface area is 164 Å². The molecule has 3 nitrogen and oxygen atoms in total. The fourth-order valence-corrected chi connectivity index (χ4v) is 5.86. The molecule has 0 amide bonds. The van der Waals surface area contributed by atoms with E-state index in [1.165, 1.54) is 41.5 Å². The summed E-state index contributed by atoms with van der Waals surface area (Å²) in [5, 5.41) is 2.43. The first-order valence-electron chi connectivity index (χ1n) is 8.51. The number of aromatic nitrogens is 2. The zero-order valence-electron chi connectivity index (χ0n) is 14.0. The minimum absolute atomic E-state index is 0.665. The summed E-state index contributed by atoms with van der Waals surface area (Å²) in [6, 6.07) is 7.97. The second-order valence-electron chi connectivity index (χ2n) is 6.12. The molecule has 2 heterocycles. The molecule has 0 saturated heterocycles. The van der Waals surface area contributed by atoms with E-state index in [1.807, 2.05) is 42.5 Å². The van der Waals surface area contributed by atoms with Crippen LogP contribution in [0, 0.1) is 6.92 Å². The number of hydrogen-bond acceptors (Lipinski definition) is 5. The van der Waals surface area contributed by atoms with Gasteiger partial charge in [-0.1, -0.05) is 22.0 Å². The molecular weight excluding hydrogens is 416 g/mol. The zero-order chi connectivity index (χ0) is 17.2. The molecule has 1 aliphatic carbocycles. The summed E-state index contributed by atoms with van der Waals surface area (Å²) < 4.78 is 6.89. The summed E-state index contributed by atoms with van der Waals surface area (Å²) in [6.07, 6.45) is 4.95. The summed E-state index contributed by atoms with van der Waals surface area (Å²) in [4.78, 5) is 12.1. The third kappa shape index (κ3) is 3.86. The van der Waals surface area contributed by atoms with Crippen LogP contribution >= 0.6 is 39.0 Å². The molecule has 0 bridgehead atoms. The minimum Gasteiger partial charge on any atom is -0.493 e. The van der Waals surface area contributed by atoms with E-state index < -0.39 is 0 Å². The van der Waals surface area contributed by atoms with Gasteiger partial charge in [-0.05, 0) is 56.4 Å². The normalized spacial score (nSPS) is 13.8. The van der Waals surface area contributed by atoms with E-state index in [0.717, 1.165) is 31.7 Å². The lowest BCUT2D eigenvalue weighted by Crippen LogP contribution is -2.02. The van der Waals surface area contributed by atoms with Gasteiger partial charge < -0.3 is 4.74 Å². The van der Waals surface area contributed by atoms with Crippen LogP contribution in [0.25, 0.3) is 10.2 Å². The van der Waals surface area contributed by atoms with Crippen LogP contribution < -0.4 is 4.74 Å². The summed E-state index contributed by atoms with van der Waals surface area (Å²) in [6.45, 7) is 2.65. The average Bonchev–Trinajstić information content (AvgIpc) is 2.96. The maximum atomic E-state index is 5.85. The Kier molecular flexibility index (Phi) is 5.29. The standard InChI is InChI=1S/C19H19BrN2OS2/c1-12-21-18(24-10-9-23-14-6-4-5-13(20)11-14)17-15-7-2-3-8-16(15)25-19(17)22-12/h4-6,11H,2-3,7-10H2,1H3. The second kappa shape index (κ2) is 7.64. The second-order valence-corrected chi connectivity index (χ2v) is 9.20. The number of hydrogen-bond donors (Lipinski definition) is 0. The highest BCUT2D eigenvalue weighted by molar-refractivity contribution is 9.10. The quantitative estimate of drug-likeness (QED) is 0.288. The molecule has 0 spiro atoms. The first-order valence-corrected chi connectivity index (χ1v) is 11.1. The zero-order valence-corrected chi connectivity index (χ0v) is 17.3. The van der Waals surface area contributed by atoms with Gasteiger partial charge in [0.05, 0.1) is 6.61 Å². The SMILES string of the molecule is Cc1nc(SCCOc2cccc(Br)c2)c2c3c(sc2n1)CCCC3. The molecule has 3 aromatic rings. The first-order chi connectivity index (χ1) is 12.2. The lowest BCUT2D eigenvalue weighted by Gasteiger charge is -2.12. The molecule has 2 aromatic heterocycles. The average molecular weight is 435 g/mol. The Morgan fingerprint density at radius 2 is 2.12 bits per heavy atom. The highest BCUT2D eigenvalue weighted by Gasteiger charge is 2.20. The van der Waals surface area contributed by atoms with Crippen LogP contribution in [0.3, 0.4) is 0 Å². The van der Waals surface area contributed by atoms with Crippen molar-refractivity contribution < 1.29 is 4.74 Å². The van der Waals surface area contributed by atoms with Crippen LogP contribution in [0.5, 0.6) is 5.75 Å². The van der Waals surface area contributed by atoms with Gasteiger partial charge in [-0.3, -0.25) is 0 Å². The van der Waals surface area contributed by atoms with Crippen LogP contribution in [0.4, 0.5) is 0 Å². The molecule has 0 unspecified atom stereocenters. The van der Waals surface area contributed by atoms with Crippen molar-refractivity contribution in [3.05, 3.63) is 45.0 Å². The van der Waals surface area contributed by atoms with Crippen molar-refractivity contribution in [1.29, 1.82) is 0 Å². The largest absolute Gasteiger partial charge is 0.493 e. The van der Waals surface area contributed by atoms with E-state index in [0.29, 0.717) is 6.61 Å². The first kappa shape index (κ1) is 17.3. The molecular formula is C19H19BrN2OS2. The third-order valence-corrected chi connectivity index (χ3v) is 6.90. The molecule has 4 rings (SSSR count). The van der Waals surface area contributed by atoms with Gasteiger partial charge in [0.2, 0.25) is 0 Å². The summed E-state index contributed by atoms with van der Waals surface area (Å²) in [5.74, 6) is 2.64. The molecule has 6 heteroatoms. The van der Waals surface area contributed by atoms with Gasteiger partial charge in [0, 0.05) is 20.5 Å². The molecule has 1 aromatic carbocycles. The number of fused-ring (bicyclic) bond motifs is 3. The monoisotopic (exact) mass is 434 g/mol. The van der Waals surface area contributed by atoms with Gasteiger partial charge in [0.25, 0.3) is 0 Å². The predicted molar refractivity (Wildman–Crippen MR) is 109 cm³/mol. The number of benzene rings is 1. The fourth-order valence-electron chi connectivity index (χ4n) is 3.18. The number of halogens is 1. The molecule has 1 aliphatic rings. The van der Waals surface area contributed by atoms with E-state index in [-0.39, 0.29) is 0 Å². The maximum absolute atomic E-state index is 5.85. The summed E-state index contributed by atoms with van der Waals surface area (Å²) in [5.41, 5.74) is 1.50. The Balaban J connectivity index is 1.50. The van der Waals surface area contributed by atoms with Crippen molar-refractivity contribution in [2.75, 3.05) is 12.4 Å². The number of ether oxygens (including phenoxy) is 1. The van der Waals surface area contributed by atoms with Crippen LogP contribution in [-0.4, -0.2) is 22.3 Å². The molecule has 0 saturated carbocycles. The van der Waals surface area contributed by atoms with E-state index in [1.54, 1.807) is 11.8 Å². The highest BCUT2D eigenvalue weighted by atomic mass is 79.9. The van der Waals surface area contributed by atoms with Gasteiger partial charge in [-0.25, -0.2) is 9.97 Å². The smallest absolute Gasteiger partial charge is 0.128 e. The van der Waals surface area contributed by atoms with Crippen molar-refractivity contribution in [2.45, 2.75) is 37.6 Å². The number of thiophene rings is 1. The Morgan fingerprint density at radius 3 is 3.00 bits per heavy atom. The lowest BCUT2D eigenvalue weighted by molar-refractivity contribution is 0.343. The Morgan fingerprint density at radius 1 is 1.24 bits per heavy atom. The van der Waals surface area contributed by atoms with Crippen molar-refractivity contribution >= 4 is 49.2 Å². The van der Waals surface area contributed by atoms with Gasteiger partial charge in [-0.2, -0.15) is 0 Å². The van der Waals surface area contributed by atoms with Crippen LogP contribution in [0.2, 0.25) is 0 Å². The number of nitrogens with zero attached hydrogens (tertiary/aromatic N) is 2. The lowest BCUT2D eigenvalue weighted by atomic mass is 9.97. The molecule has 0 N–H and O–H groups in total. The Hall–Kier alpha value is -1.11. The Bertz CT molecular complexity index is 910. The summed E-state index contributed by atoms with van der Waals surface area (Å²) in [7, 11) is 0. The topological polar surface area (TPSA) is 35.0 Å².